The van der Waals surface area contributed by atoms with Gasteiger partial charge in [-0.1, -0.05) is 30.7 Å². The van der Waals surface area contributed by atoms with Crippen molar-refractivity contribution in [2.45, 2.75) is 20.3 Å². The minimum absolute atomic E-state index is 0.704. The summed E-state index contributed by atoms with van der Waals surface area (Å²) in [5.41, 5.74) is 2.77. The molecule has 0 aliphatic heterocycles. The number of hydrogen-bond acceptors (Lipinski definition) is 0. The molecular weight excluding hydrogens is 96.1 g/mol. The van der Waals surface area contributed by atoms with E-state index in [1.54, 1.807) is 0 Å². The third kappa shape index (κ3) is 0.835. The van der Waals surface area contributed by atoms with Crippen molar-refractivity contribution in [1.29, 1.82) is 0 Å². The molecule has 1 aliphatic rings. The van der Waals surface area contributed by atoms with Crippen LogP contribution < -0.4 is 0 Å². The minimum Gasteiger partial charge on any atom is -0.0955 e. The van der Waals surface area contributed by atoms with Gasteiger partial charge in [0.2, 0.25) is 0 Å². The first kappa shape index (κ1) is 5.61. The van der Waals surface area contributed by atoms with Crippen LogP contribution in [0.4, 0.5) is 0 Å². The van der Waals surface area contributed by atoms with Crippen molar-refractivity contribution in [3.63, 3.8) is 0 Å². The van der Waals surface area contributed by atoms with Crippen molar-refractivity contribution in [2.75, 3.05) is 0 Å². The first-order valence-electron chi connectivity index (χ1n) is 3.06. The molecule has 0 bridgehead atoms. The van der Waals surface area contributed by atoms with Gasteiger partial charge in [0.1, 0.15) is 0 Å². The Bertz CT molecular complexity index is 140. The highest BCUT2D eigenvalue weighted by atomic mass is 14.2. The molecule has 0 saturated carbocycles. The Labute approximate surface area is 50.9 Å². The smallest absolute Gasteiger partial charge is 0.0159 e. The summed E-state index contributed by atoms with van der Waals surface area (Å²) >= 11 is 0. The normalized spacial score (nSPS) is 28.5. The van der Waals surface area contributed by atoms with Crippen LogP contribution in [0.15, 0.2) is 23.8 Å². The van der Waals surface area contributed by atoms with Gasteiger partial charge in [-0.25, -0.2) is 0 Å². The van der Waals surface area contributed by atoms with Gasteiger partial charge < -0.3 is 0 Å². The van der Waals surface area contributed by atoms with Crippen molar-refractivity contribution < 1.29 is 0 Å². The molecule has 0 amide bonds. The summed E-state index contributed by atoms with van der Waals surface area (Å²) in [5, 5.41) is 0. The van der Waals surface area contributed by atoms with E-state index < -0.39 is 0 Å². The maximum absolute atomic E-state index is 3.91. The largest absolute Gasteiger partial charge is 0.0955 e. The van der Waals surface area contributed by atoms with E-state index in [2.05, 4.69) is 26.5 Å². The zero-order valence-corrected chi connectivity index (χ0v) is 5.57. The lowest BCUT2D eigenvalue weighted by atomic mass is 10.1. The van der Waals surface area contributed by atoms with Crippen LogP contribution in [0.2, 0.25) is 0 Å². The molecule has 0 heteroatoms. The van der Waals surface area contributed by atoms with Crippen molar-refractivity contribution in [2.24, 2.45) is 5.92 Å². The summed E-state index contributed by atoms with van der Waals surface area (Å²) in [6.45, 7) is 8.29. The Morgan fingerprint density at radius 3 is 2.50 bits per heavy atom. The van der Waals surface area contributed by atoms with Crippen LogP contribution in [0.3, 0.4) is 0 Å². The van der Waals surface area contributed by atoms with E-state index in [9.17, 15) is 0 Å². The molecule has 44 valence electrons. The average molecular weight is 108 g/mol. The molecule has 0 nitrogen and oxygen atoms in total. The summed E-state index contributed by atoms with van der Waals surface area (Å²) in [6, 6.07) is 0. The highest BCUT2D eigenvalue weighted by Crippen LogP contribution is 2.27. The van der Waals surface area contributed by atoms with Gasteiger partial charge in [0.05, 0.1) is 0 Å². The van der Waals surface area contributed by atoms with Crippen molar-refractivity contribution in [3.8, 4) is 0 Å². The van der Waals surface area contributed by atoms with E-state index in [4.69, 9.17) is 0 Å². The van der Waals surface area contributed by atoms with E-state index in [0.29, 0.717) is 5.92 Å². The molecule has 0 fully saturated rings. The van der Waals surface area contributed by atoms with Crippen molar-refractivity contribution >= 4 is 0 Å². The molecule has 0 aromatic heterocycles. The standard InChI is InChI=1S/C8H12/c1-6-4-7(2)8(3)5-6/h4,8H,2,5H2,1,3H3. The van der Waals surface area contributed by atoms with Crippen molar-refractivity contribution in [1.82, 2.24) is 0 Å². The molecule has 1 atom stereocenters. The number of allylic oxidation sites excluding steroid dienone is 3. The fourth-order valence-electron chi connectivity index (χ4n) is 1.13. The quantitative estimate of drug-likeness (QED) is 0.447. The molecule has 0 N–H and O–H groups in total. The molecule has 0 aromatic rings. The highest BCUT2D eigenvalue weighted by Gasteiger charge is 2.11. The van der Waals surface area contributed by atoms with Gasteiger partial charge in [0.15, 0.2) is 0 Å². The average Bonchev–Trinajstić information content (AvgIpc) is 1.85. The van der Waals surface area contributed by atoms with Gasteiger partial charge in [-0.15, -0.1) is 0 Å². The second-order valence-corrected chi connectivity index (χ2v) is 2.67. The van der Waals surface area contributed by atoms with Crippen molar-refractivity contribution in [3.05, 3.63) is 23.8 Å². The predicted octanol–water partition coefficient (Wildman–Crippen LogP) is 2.53. The van der Waals surface area contributed by atoms with Gasteiger partial charge in [0, 0.05) is 0 Å². The third-order valence-corrected chi connectivity index (χ3v) is 1.69. The second kappa shape index (κ2) is 1.77. The van der Waals surface area contributed by atoms with Crippen LogP contribution >= 0.6 is 0 Å². The molecule has 0 heterocycles. The summed E-state index contributed by atoms with van der Waals surface area (Å²) in [6.07, 6.45) is 3.41. The van der Waals surface area contributed by atoms with E-state index in [1.807, 2.05) is 0 Å². The van der Waals surface area contributed by atoms with Gasteiger partial charge in [-0.05, 0) is 19.3 Å². The lowest BCUT2D eigenvalue weighted by Crippen LogP contribution is -1.86. The van der Waals surface area contributed by atoms with Crippen LogP contribution in [0.1, 0.15) is 20.3 Å². The SMILES string of the molecule is C=C1C=C(C)CC1C. The van der Waals surface area contributed by atoms with Gasteiger partial charge in [-0.3, -0.25) is 0 Å². The molecule has 8 heavy (non-hydrogen) atoms. The van der Waals surface area contributed by atoms with Crippen LogP contribution in [-0.2, 0) is 0 Å². The zero-order chi connectivity index (χ0) is 6.15. The molecular formula is C8H12. The topological polar surface area (TPSA) is 0 Å². The van der Waals surface area contributed by atoms with E-state index >= 15 is 0 Å². The van der Waals surface area contributed by atoms with E-state index in [1.165, 1.54) is 17.6 Å². The Morgan fingerprint density at radius 2 is 2.38 bits per heavy atom. The first-order valence-corrected chi connectivity index (χ1v) is 3.06. The van der Waals surface area contributed by atoms with Crippen LogP contribution in [0, 0.1) is 5.92 Å². The van der Waals surface area contributed by atoms with Gasteiger partial charge >= 0.3 is 0 Å². The maximum Gasteiger partial charge on any atom is -0.0159 e. The summed E-state index contributed by atoms with van der Waals surface area (Å²) < 4.78 is 0. The Morgan fingerprint density at radius 1 is 1.75 bits per heavy atom. The van der Waals surface area contributed by atoms with E-state index in [0.717, 1.165) is 0 Å². The van der Waals surface area contributed by atoms with Crippen LogP contribution in [0.25, 0.3) is 0 Å². The van der Waals surface area contributed by atoms with Gasteiger partial charge in [-0.2, -0.15) is 0 Å². The highest BCUT2D eigenvalue weighted by molar-refractivity contribution is 5.29. The summed E-state index contributed by atoms with van der Waals surface area (Å²) in [4.78, 5) is 0. The number of rotatable bonds is 0. The fourth-order valence-corrected chi connectivity index (χ4v) is 1.13. The Hall–Kier alpha value is -0.520. The Balaban J connectivity index is 2.70. The second-order valence-electron chi connectivity index (χ2n) is 2.67. The fraction of sp³-hybridized carbons (Fsp3) is 0.500. The minimum atomic E-state index is 0.704. The zero-order valence-electron chi connectivity index (χ0n) is 5.57. The van der Waals surface area contributed by atoms with Crippen LogP contribution in [-0.4, -0.2) is 0 Å². The molecule has 0 spiro atoms. The lowest BCUT2D eigenvalue weighted by molar-refractivity contribution is 0.726. The van der Waals surface area contributed by atoms with E-state index in [-0.39, 0.29) is 0 Å². The molecule has 1 unspecified atom stereocenters. The molecule has 0 aromatic carbocycles. The predicted molar refractivity (Wildman–Crippen MR) is 36.7 cm³/mol. The molecule has 1 rings (SSSR count). The summed E-state index contributed by atoms with van der Waals surface area (Å²) in [5.74, 6) is 0.704. The molecule has 1 aliphatic carbocycles. The van der Waals surface area contributed by atoms with Gasteiger partial charge in [0.25, 0.3) is 0 Å². The van der Waals surface area contributed by atoms with Crippen LogP contribution in [0.5, 0.6) is 0 Å². The Kier molecular flexibility index (Phi) is 1.24. The third-order valence-electron chi connectivity index (χ3n) is 1.69. The molecule has 0 radical (unpaired) electrons. The molecule has 0 saturated heterocycles. The lowest BCUT2D eigenvalue weighted by Gasteiger charge is -1.98. The summed E-state index contributed by atoms with van der Waals surface area (Å²) in [7, 11) is 0. The number of hydrogen-bond donors (Lipinski definition) is 0. The monoisotopic (exact) mass is 108 g/mol. The maximum atomic E-state index is 3.91. The first-order chi connectivity index (χ1) is 3.70.